The molecule has 0 aliphatic heterocycles. The Morgan fingerprint density at radius 3 is 2.24 bits per heavy atom. The van der Waals surface area contributed by atoms with Crippen molar-refractivity contribution in [2.24, 2.45) is 0 Å². The third kappa shape index (κ3) is 3.39. The van der Waals surface area contributed by atoms with Gasteiger partial charge in [0.05, 0.1) is 7.11 Å². The van der Waals surface area contributed by atoms with Crippen LogP contribution in [0.2, 0.25) is 0 Å². The number of hydrogen-bond donors (Lipinski definition) is 1. The van der Waals surface area contributed by atoms with Gasteiger partial charge in [-0.3, -0.25) is 0 Å². The smallest absolute Gasteiger partial charge is 0.159 e. The van der Waals surface area contributed by atoms with E-state index in [9.17, 15) is 0 Å². The summed E-state index contributed by atoms with van der Waals surface area (Å²) in [6.07, 6.45) is 6.17. The Labute approximate surface area is 147 Å². The van der Waals surface area contributed by atoms with E-state index in [0.717, 1.165) is 29.2 Å². The minimum absolute atomic E-state index is 0.135. The van der Waals surface area contributed by atoms with Crippen LogP contribution >= 0.6 is 0 Å². The summed E-state index contributed by atoms with van der Waals surface area (Å²) < 4.78 is 5.18. The fraction of sp³-hybridized carbons (Fsp3) is 0.238. The minimum Gasteiger partial charge on any atom is -0.497 e. The van der Waals surface area contributed by atoms with Gasteiger partial charge in [0.2, 0.25) is 0 Å². The molecule has 0 radical (unpaired) electrons. The van der Waals surface area contributed by atoms with Crippen LogP contribution in [0.3, 0.4) is 0 Å². The molecule has 0 atom stereocenters. The van der Waals surface area contributed by atoms with Crippen molar-refractivity contribution >= 4 is 0 Å². The van der Waals surface area contributed by atoms with Crippen LogP contribution in [0.5, 0.6) is 5.75 Å². The second kappa shape index (κ2) is 6.65. The molecule has 1 aromatic heterocycles. The van der Waals surface area contributed by atoms with Crippen LogP contribution in [0.4, 0.5) is 0 Å². The molecule has 25 heavy (non-hydrogen) atoms. The van der Waals surface area contributed by atoms with Crippen molar-refractivity contribution in [3.63, 3.8) is 0 Å². The zero-order valence-corrected chi connectivity index (χ0v) is 14.3. The lowest BCUT2D eigenvalue weighted by Crippen LogP contribution is -2.28. The number of hydrogen-bond acceptors (Lipinski definition) is 4. The predicted octanol–water partition coefficient (Wildman–Crippen LogP) is 3.93. The molecule has 1 saturated carbocycles. The molecule has 4 rings (SSSR count). The molecule has 1 N–H and O–H groups in total. The van der Waals surface area contributed by atoms with Crippen molar-refractivity contribution in [3.05, 3.63) is 78.1 Å². The molecule has 1 heterocycles. The van der Waals surface area contributed by atoms with E-state index < -0.39 is 0 Å². The van der Waals surface area contributed by atoms with E-state index in [1.54, 1.807) is 7.11 Å². The number of nitrogens with zero attached hydrogens (tertiary/aromatic N) is 2. The molecular formula is C21H21N3O. The highest BCUT2D eigenvalue weighted by molar-refractivity contribution is 5.55. The van der Waals surface area contributed by atoms with Gasteiger partial charge < -0.3 is 10.1 Å². The van der Waals surface area contributed by atoms with E-state index in [2.05, 4.69) is 45.6 Å². The maximum absolute atomic E-state index is 5.18. The molecule has 1 aliphatic carbocycles. The van der Waals surface area contributed by atoms with Crippen molar-refractivity contribution in [3.8, 4) is 17.1 Å². The van der Waals surface area contributed by atoms with Gasteiger partial charge in [-0.25, -0.2) is 9.97 Å². The zero-order chi connectivity index (χ0) is 17.1. The average molecular weight is 331 g/mol. The SMILES string of the molecule is COc1ccc(-c2ncc(CNC3(c4ccccc4)CC3)cn2)cc1. The van der Waals surface area contributed by atoms with Crippen LogP contribution in [0.15, 0.2) is 67.0 Å². The molecule has 0 bridgehead atoms. The van der Waals surface area contributed by atoms with Gasteiger partial charge in [-0.1, -0.05) is 30.3 Å². The maximum atomic E-state index is 5.18. The third-order valence-electron chi connectivity index (χ3n) is 4.76. The summed E-state index contributed by atoms with van der Waals surface area (Å²) in [7, 11) is 1.66. The average Bonchev–Trinajstić information content (AvgIpc) is 3.49. The first-order chi connectivity index (χ1) is 12.3. The molecule has 4 nitrogen and oxygen atoms in total. The van der Waals surface area contributed by atoms with E-state index in [0.29, 0.717) is 0 Å². The van der Waals surface area contributed by atoms with Crippen LogP contribution < -0.4 is 10.1 Å². The Morgan fingerprint density at radius 2 is 1.64 bits per heavy atom. The zero-order valence-electron chi connectivity index (χ0n) is 14.3. The summed E-state index contributed by atoms with van der Waals surface area (Å²) in [5.41, 5.74) is 3.59. The van der Waals surface area contributed by atoms with Crippen LogP contribution in [0.1, 0.15) is 24.0 Å². The van der Waals surface area contributed by atoms with Crippen molar-refractivity contribution in [1.82, 2.24) is 15.3 Å². The van der Waals surface area contributed by atoms with Gasteiger partial charge in [-0.05, 0) is 42.7 Å². The largest absolute Gasteiger partial charge is 0.497 e. The van der Waals surface area contributed by atoms with Crippen LogP contribution in [0.25, 0.3) is 11.4 Å². The van der Waals surface area contributed by atoms with Crippen LogP contribution in [-0.4, -0.2) is 17.1 Å². The van der Waals surface area contributed by atoms with Crippen molar-refractivity contribution in [2.45, 2.75) is 24.9 Å². The first-order valence-corrected chi connectivity index (χ1v) is 8.55. The Balaban J connectivity index is 1.42. The second-order valence-corrected chi connectivity index (χ2v) is 6.45. The molecule has 2 aromatic carbocycles. The molecule has 4 heteroatoms. The Bertz CT molecular complexity index is 825. The standard InChI is InChI=1S/C21H21N3O/c1-25-19-9-7-17(8-10-19)20-22-13-16(14-23-20)15-24-21(11-12-21)18-5-3-2-4-6-18/h2-10,13-14,24H,11-12,15H2,1H3. The monoisotopic (exact) mass is 331 g/mol. The summed E-state index contributed by atoms with van der Waals surface area (Å²) in [6.45, 7) is 0.776. The predicted molar refractivity (Wildman–Crippen MR) is 98.2 cm³/mol. The van der Waals surface area contributed by atoms with Gasteiger partial charge in [-0.2, -0.15) is 0 Å². The first kappa shape index (κ1) is 15.8. The molecule has 0 unspecified atom stereocenters. The Hall–Kier alpha value is -2.72. The Morgan fingerprint density at radius 1 is 0.960 bits per heavy atom. The van der Waals surface area contributed by atoms with E-state index in [-0.39, 0.29) is 5.54 Å². The van der Waals surface area contributed by atoms with Crippen LogP contribution in [-0.2, 0) is 12.1 Å². The van der Waals surface area contributed by atoms with E-state index in [1.165, 1.54) is 18.4 Å². The lowest BCUT2D eigenvalue weighted by molar-refractivity contribution is 0.415. The van der Waals surface area contributed by atoms with E-state index >= 15 is 0 Å². The lowest BCUT2D eigenvalue weighted by Gasteiger charge is -2.17. The first-order valence-electron chi connectivity index (χ1n) is 8.55. The van der Waals surface area contributed by atoms with Crippen molar-refractivity contribution in [2.75, 3.05) is 7.11 Å². The van der Waals surface area contributed by atoms with Gasteiger partial charge in [0.15, 0.2) is 5.82 Å². The summed E-state index contributed by atoms with van der Waals surface area (Å²) >= 11 is 0. The molecule has 3 aromatic rings. The molecule has 1 fully saturated rings. The highest BCUT2D eigenvalue weighted by Gasteiger charge is 2.43. The quantitative estimate of drug-likeness (QED) is 0.743. The van der Waals surface area contributed by atoms with Gasteiger partial charge in [0, 0.05) is 35.6 Å². The van der Waals surface area contributed by atoms with Crippen molar-refractivity contribution in [1.29, 1.82) is 0 Å². The van der Waals surface area contributed by atoms with Crippen molar-refractivity contribution < 1.29 is 4.74 Å². The number of benzene rings is 2. The van der Waals surface area contributed by atoms with Gasteiger partial charge in [-0.15, -0.1) is 0 Å². The number of ether oxygens (including phenoxy) is 1. The Kier molecular flexibility index (Phi) is 4.20. The topological polar surface area (TPSA) is 47.0 Å². The number of aromatic nitrogens is 2. The molecule has 0 amide bonds. The number of nitrogens with one attached hydrogen (secondary N) is 1. The van der Waals surface area contributed by atoms with E-state index in [1.807, 2.05) is 36.7 Å². The van der Waals surface area contributed by atoms with Gasteiger partial charge >= 0.3 is 0 Å². The highest BCUT2D eigenvalue weighted by Crippen LogP contribution is 2.45. The summed E-state index contributed by atoms with van der Waals surface area (Å²) in [5, 5.41) is 3.68. The fourth-order valence-electron chi connectivity index (χ4n) is 3.06. The molecule has 0 saturated heterocycles. The minimum atomic E-state index is 0.135. The van der Waals surface area contributed by atoms with Gasteiger partial charge in [0.1, 0.15) is 5.75 Å². The summed E-state index contributed by atoms with van der Waals surface area (Å²) in [6, 6.07) is 18.4. The number of methoxy groups -OCH3 is 1. The second-order valence-electron chi connectivity index (χ2n) is 6.45. The molecule has 1 aliphatic rings. The molecule has 126 valence electrons. The molecular weight excluding hydrogens is 310 g/mol. The lowest BCUT2D eigenvalue weighted by atomic mass is 10.0. The number of rotatable bonds is 6. The summed E-state index contributed by atoms with van der Waals surface area (Å²) in [4.78, 5) is 9.01. The molecule has 0 spiro atoms. The van der Waals surface area contributed by atoms with Gasteiger partial charge in [0.25, 0.3) is 0 Å². The maximum Gasteiger partial charge on any atom is 0.159 e. The van der Waals surface area contributed by atoms with Crippen LogP contribution in [0, 0.1) is 0 Å². The fourth-order valence-corrected chi connectivity index (χ4v) is 3.06. The summed E-state index contributed by atoms with van der Waals surface area (Å²) in [5.74, 6) is 1.57. The normalized spacial score (nSPS) is 14.9. The highest BCUT2D eigenvalue weighted by atomic mass is 16.5. The van der Waals surface area contributed by atoms with E-state index in [4.69, 9.17) is 4.74 Å². The third-order valence-corrected chi connectivity index (χ3v) is 4.76.